The van der Waals surface area contributed by atoms with Gasteiger partial charge in [-0.2, -0.15) is 10.2 Å². The Morgan fingerprint density at radius 3 is 1.87 bits per heavy atom. The molecule has 0 unspecified atom stereocenters. The minimum Gasteiger partial charge on any atom is -0.496 e. The summed E-state index contributed by atoms with van der Waals surface area (Å²) in [4.78, 5) is 21.0. The van der Waals surface area contributed by atoms with E-state index >= 15 is 0 Å². The van der Waals surface area contributed by atoms with Crippen LogP contribution in [0.3, 0.4) is 0 Å². The number of hydrogen-bond acceptors (Lipinski definition) is 14. The lowest BCUT2D eigenvalue weighted by molar-refractivity contribution is 0.343. The molecule has 2 aromatic carbocycles. The van der Waals surface area contributed by atoms with Gasteiger partial charge < -0.3 is 30.7 Å². The maximum atomic E-state index is 13.7. The van der Waals surface area contributed by atoms with Gasteiger partial charge >= 0.3 is 0 Å². The molecule has 0 spiro atoms. The van der Waals surface area contributed by atoms with Crippen LogP contribution in [0.1, 0.15) is 53.1 Å². The zero-order valence-electron chi connectivity index (χ0n) is 34.7. The minimum atomic E-state index is -0.333. The first-order valence-corrected chi connectivity index (χ1v) is 22.7. The van der Waals surface area contributed by atoms with Crippen molar-refractivity contribution in [1.82, 2.24) is 50.1 Å². The van der Waals surface area contributed by atoms with Gasteiger partial charge in [-0.05, 0) is 83.4 Å². The second-order valence-corrected chi connectivity index (χ2v) is 18.3. The molecule has 318 valence electrons. The second-order valence-electron chi connectivity index (χ2n) is 15.7. The third-order valence-electron chi connectivity index (χ3n) is 11.7. The normalized spacial score (nSPS) is 15.6. The molecule has 0 radical (unpaired) electrons. The predicted molar refractivity (Wildman–Crippen MR) is 244 cm³/mol. The zero-order chi connectivity index (χ0) is 42.2. The number of ether oxygens (including phenoxy) is 2. The van der Waals surface area contributed by atoms with E-state index in [0.717, 1.165) is 130 Å². The minimum absolute atomic E-state index is 0.333. The third kappa shape index (κ3) is 8.08. The van der Waals surface area contributed by atoms with Crippen molar-refractivity contribution in [2.75, 3.05) is 50.5 Å². The molecule has 0 bridgehead atoms. The molecule has 0 aliphatic carbocycles. The van der Waals surface area contributed by atoms with E-state index < -0.39 is 0 Å². The molecule has 4 N–H and O–H groups in total. The van der Waals surface area contributed by atoms with Crippen molar-refractivity contribution in [3.63, 3.8) is 0 Å². The average molecular weight is 871 g/mol. The fourth-order valence-electron chi connectivity index (χ4n) is 8.66. The van der Waals surface area contributed by atoms with Crippen LogP contribution >= 0.6 is 22.7 Å². The molecular weight excluding hydrogens is 824 g/mol. The summed E-state index contributed by atoms with van der Waals surface area (Å²) >= 11 is 3.34. The van der Waals surface area contributed by atoms with Crippen LogP contribution in [0.5, 0.6) is 11.5 Å². The molecule has 2 fully saturated rings. The highest BCUT2D eigenvalue weighted by molar-refractivity contribution is 7.20. The summed E-state index contributed by atoms with van der Waals surface area (Å²) in [5.74, 6) is 2.24. The number of benzene rings is 2. The number of para-hydroxylation sites is 1. The molecule has 0 atom stereocenters. The molecule has 3 aliphatic rings. The number of halogens is 1. The van der Waals surface area contributed by atoms with E-state index in [4.69, 9.17) is 19.4 Å². The van der Waals surface area contributed by atoms with E-state index in [0.29, 0.717) is 29.7 Å². The quantitative estimate of drug-likeness (QED) is 0.109. The number of thiophene rings is 2. The Morgan fingerprint density at radius 2 is 1.31 bits per heavy atom. The molecule has 3 aliphatic heterocycles. The maximum Gasteiger partial charge on any atom is 0.227 e. The van der Waals surface area contributed by atoms with E-state index in [-0.39, 0.29) is 5.82 Å². The van der Waals surface area contributed by atoms with Crippen molar-refractivity contribution in [3.05, 3.63) is 94.7 Å². The van der Waals surface area contributed by atoms with Gasteiger partial charge in [0.25, 0.3) is 0 Å². The standard InChI is InChI=1S/C23H24N6OS.C22H23FN6OS/c1-14-20(18-4-2-3-15-7-10-30-22(15)18)21-19(31-14)12-25-23(28-21)27-16-11-26-29(13-16)17-5-8-24-9-6-17;1-13-20(17-4-3-14(23)9-18(17)30-2)21-19(31-13)11-25-22(28-21)27-15-10-26-29(12-15)16-5-7-24-8-6-16/h2-4,11-13,17,24H,5-10H2,1H3,(H,25,27,28);3-4,9-12,16,24H,5-8H2,1-2H3,(H,25,27,28). The molecule has 14 nitrogen and oxygen atoms in total. The van der Waals surface area contributed by atoms with Gasteiger partial charge in [0.15, 0.2) is 0 Å². The molecule has 0 amide bonds. The number of methoxy groups -OCH3 is 1. The summed E-state index contributed by atoms with van der Waals surface area (Å²) in [6, 6.07) is 11.8. The Balaban J connectivity index is 0.000000148. The summed E-state index contributed by atoms with van der Waals surface area (Å²) in [5.41, 5.74) is 8.85. The molecule has 11 rings (SSSR count). The average Bonchev–Trinajstić information content (AvgIpc) is 4.16. The Bertz CT molecular complexity index is 2880. The van der Waals surface area contributed by atoms with Crippen LogP contribution in [-0.4, -0.2) is 79.4 Å². The number of nitrogens with one attached hydrogen (secondary N) is 4. The van der Waals surface area contributed by atoms with Gasteiger partial charge in [0, 0.05) is 56.9 Å². The van der Waals surface area contributed by atoms with Crippen LogP contribution in [0.15, 0.2) is 73.6 Å². The van der Waals surface area contributed by atoms with Crippen LogP contribution in [0.4, 0.5) is 27.7 Å². The van der Waals surface area contributed by atoms with Crippen LogP contribution in [0.2, 0.25) is 0 Å². The summed E-state index contributed by atoms with van der Waals surface area (Å²) in [6.45, 7) is 9.03. The summed E-state index contributed by atoms with van der Waals surface area (Å²) < 4.78 is 31.2. The maximum absolute atomic E-state index is 13.7. The molecule has 6 aromatic heterocycles. The van der Waals surface area contributed by atoms with Crippen LogP contribution in [0.25, 0.3) is 42.7 Å². The highest BCUT2D eigenvalue weighted by Crippen LogP contribution is 2.45. The fraction of sp³-hybridized carbons (Fsp3) is 0.333. The SMILES string of the molecule is COc1cc(F)ccc1-c1c(C)sc2cnc(Nc3cnn(C4CCNCC4)c3)nc12.Cc1sc2cnc(Nc3cnn(C4CCNCC4)c3)nc2c1-c1cccc2c1OCC2. The Labute approximate surface area is 366 Å². The largest absolute Gasteiger partial charge is 0.496 e. The number of hydrogen-bond donors (Lipinski definition) is 4. The highest BCUT2D eigenvalue weighted by Gasteiger charge is 2.24. The Morgan fingerprint density at radius 1 is 0.742 bits per heavy atom. The van der Waals surface area contributed by atoms with Crippen molar-refractivity contribution < 1.29 is 13.9 Å². The molecule has 0 saturated carbocycles. The monoisotopic (exact) mass is 870 g/mol. The van der Waals surface area contributed by atoms with E-state index in [1.807, 2.05) is 36.4 Å². The number of nitrogens with zero attached hydrogens (tertiary/aromatic N) is 8. The van der Waals surface area contributed by atoms with E-state index in [2.05, 4.69) is 77.4 Å². The highest BCUT2D eigenvalue weighted by atomic mass is 32.1. The van der Waals surface area contributed by atoms with Crippen molar-refractivity contribution in [2.45, 2.75) is 58.0 Å². The van der Waals surface area contributed by atoms with Crippen molar-refractivity contribution in [2.24, 2.45) is 0 Å². The summed E-state index contributed by atoms with van der Waals surface area (Å²) in [5, 5.41) is 22.5. The summed E-state index contributed by atoms with van der Waals surface area (Å²) in [6.07, 6.45) is 16.8. The smallest absolute Gasteiger partial charge is 0.227 e. The van der Waals surface area contributed by atoms with Gasteiger partial charge in [-0.1, -0.05) is 18.2 Å². The number of rotatable bonds is 9. The number of anilines is 4. The lowest BCUT2D eigenvalue weighted by Crippen LogP contribution is -2.29. The number of fused-ring (bicyclic) bond motifs is 3. The van der Waals surface area contributed by atoms with E-state index in [9.17, 15) is 4.39 Å². The zero-order valence-corrected chi connectivity index (χ0v) is 36.4. The first-order chi connectivity index (χ1) is 30.4. The third-order valence-corrected chi connectivity index (χ3v) is 13.8. The first kappa shape index (κ1) is 40.1. The van der Waals surface area contributed by atoms with Crippen molar-refractivity contribution in [3.8, 4) is 33.8 Å². The molecule has 2 saturated heterocycles. The van der Waals surface area contributed by atoms with Crippen LogP contribution < -0.4 is 30.7 Å². The van der Waals surface area contributed by atoms with Gasteiger partial charge in [-0.15, -0.1) is 22.7 Å². The molecule has 8 aromatic rings. The topological polar surface area (TPSA) is 154 Å². The van der Waals surface area contributed by atoms with Gasteiger partial charge in [0.2, 0.25) is 11.9 Å². The lowest BCUT2D eigenvalue weighted by Gasteiger charge is -2.22. The number of piperidine rings is 2. The van der Waals surface area contributed by atoms with E-state index in [1.54, 1.807) is 42.0 Å². The first-order valence-electron chi connectivity index (χ1n) is 21.0. The molecular formula is C45H47FN12O2S2. The lowest BCUT2D eigenvalue weighted by atomic mass is 10.0. The van der Waals surface area contributed by atoms with E-state index in [1.165, 1.54) is 22.6 Å². The Hall–Kier alpha value is -6.01. The molecule has 17 heteroatoms. The fourth-order valence-corrected chi connectivity index (χ4v) is 10.6. The molecule has 62 heavy (non-hydrogen) atoms. The van der Waals surface area contributed by atoms with Crippen molar-refractivity contribution >= 4 is 66.4 Å². The van der Waals surface area contributed by atoms with Crippen LogP contribution in [0, 0.1) is 19.7 Å². The second kappa shape index (κ2) is 17.4. The van der Waals surface area contributed by atoms with Gasteiger partial charge in [-0.3, -0.25) is 9.36 Å². The summed E-state index contributed by atoms with van der Waals surface area (Å²) in [7, 11) is 1.55. The predicted octanol–water partition coefficient (Wildman–Crippen LogP) is 9.15. The molecule has 9 heterocycles. The van der Waals surface area contributed by atoms with Gasteiger partial charge in [-0.25, -0.2) is 24.3 Å². The van der Waals surface area contributed by atoms with Gasteiger partial charge in [0.05, 0.1) is 82.4 Å². The number of aromatic nitrogens is 8. The Kier molecular flexibility index (Phi) is 11.2. The van der Waals surface area contributed by atoms with Crippen molar-refractivity contribution in [1.29, 1.82) is 0 Å². The van der Waals surface area contributed by atoms with Gasteiger partial charge in [0.1, 0.15) is 17.3 Å². The van der Waals surface area contributed by atoms with Crippen LogP contribution in [-0.2, 0) is 6.42 Å². The number of aryl methyl sites for hydroxylation is 2.